The molecule has 8 nitrogen and oxygen atoms in total. The number of carbonyl (C=O) groups is 1. The molecular weight excluding hydrogens is 499 g/mol. The van der Waals surface area contributed by atoms with Gasteiger partial charge in [0.2, 0.25) is 0 Å². The Balaban J connectivity index is 1.58. The Morgan fingerprint density at radius 1 is 1.08 bits per heavy atom. The highest BCUT2D eigenvalue weighted by Crippen LogP contribution is 2.32. The number of rotatable bonds is 5. The first-order valence-corrected chi connectivity index (χ1v) is 11.9. The summed E-state index contributed by atoms with van der Waals surface area (Å²) in [4.78, 5) is 35.4. The molecule has 0 amide bonds. The molecule has 38 heavy (non-hydrogen) atoms. The van der Waals surface area contributed by atoms with Crippen molar-refractivity contribution in [2.75, 3.05) is 10.2 Å². The summed E-state index contributed by atoms with van der Waals surface area (Å²) in [5.41, 5.74) is 2.15. The fourth-order valence-electron chi connectivity index (χ4n) is 4.80. The zero-order chi connectivity index (χ0) is 27.4. The van der Waals surface area contributed by atoms with Gasteiger partial charge in [0, 0.05) is 24.8 Å². The summed E-state index contributed by atoms with van der Waals surface area (Å²) >= 11 is 0. The number of carboxylic acids is 1. The Labute approximate surface area is 215 Å². The van der Waals surface area contributed by atoms with Crippen LogP contribution in [0.4, 0.5) is 24.7 Å². The van der Waals surface area contributed by atoms with Crippen molar-refractivity contribution in [2.45, 2.75) is 46.1 Å². The van der Waals surface area contributed by atoms with Crippen LogP contribution in [0.15, 0.2) is 53.5 Å². The molecule has 0 spiro atoms. The minimum absolute atomic E-state index is 0.0812. The van der Waals surface area contributed by atoms with Gasteiger partial charge in [0.15, 0.2) is 5.69 Å². The van der Waals surface area contributed by atoms with Crippen molar-refractivity contribution >= 4 is 23.1 Å². The quantitative estimate of drug-likeness (QED) is 0.375. The molecule has 0 unspecified atom stereocenters. The Morgan fingerprint density at radius 3 is 2.34 bits per heavy atom. The second kappa shape index (κ2) is 9.16. The van der Waals surface area contributed by atoms with E-state index >= 15 is 0 Å². The fraction of sp³-hybridized carbons (Fsp3) is 0.259. The van der Waals surface area contributed by atoms with E-state index in [2.05, 4.69) is 10.3 Å². The standard InChI is InChI=1S/C27H24F3N5O3/c1-14-10-19(16(3)31-20-8-9-21(27(28,29)30)32-22(20)26(37)38)24-33-23(15(2)25(36)35(24)11-14)34-12-17-6-4-5-7-18(17)13-34/h4-11,16,31H,12-13H2,1-3H3,(H,37,38)/t16-/m1/s1. The highest BCUT2D eigenvalue weighted by atomic mass is 19.4. The van der Waals surface area contributed by atoms with Crippen LogP contribution in [0.3, 0.4) is 0 Å². The maximum Gasteiger partial charge on any atom is 0.433 e. The Morgan fingerprint density at radius 2 is 1.74 bits per heavy atom. The van der Waals surface area contributed by atoms with E-state index in [0.29, 0.717) is 35.7 Å². The number of hydrogen-bond donors (Lipinski definition) is 2. The second-order valence-electron chi connectivity index (χ2n) is 9.42. The number of alkyl halides is 3. The van der Waals surface area contributed by atoms with Gasteiger partial charge in [0.05, 0.1) is 17.3 Å². The molecule has 1 aromatic carbocycles. The lowest BCUT2D eigenvalue weighted by Gasteiger charge is -2.23. The van der Waals surface area contributed by atoms with E-state index in [1.165, 1.54) is 4.40 Å². The first kappa shape index (κ1) is 25.2. The summed E-state index contributed by atoms with van der Waals surface area (Å²) in [7, 11) is 0. The molecule has 196 valence electrons. The molecule has 3 aromatic heterocycles. The average Bonchev–Trinajstić information content (AvgIpc) is 3.29. The van der Waals surface area contributed by atoms with Crippen molar-refractivity contribution < 1.29 is 23.1 Å². The van der Waals surface area contributed by atoms with Crippen molar-refractivity contribution in [3.8, 4) is 0 Å². The maximum atomic E-state index is 13.4. The number of halogens is 3. The number of nitrogens with one attached hydrogen (secondary N) is 1. The molecule has 2 N–H and O–H groups in total. The van der Waals surface area contributed by atoms with E-state index in [9.17, 15) is 27.9 Å². The largest absolute Gasteiger partial charge is 0.476 e. The van der Waals surface area contributed by atoms with E-state index < -0.39 is 29.6 Å². The van der Waals surface area contributed by atoms with Gasteiger partial charge in [-0.25, -0.2) is 14.8 Å². The molecular formula is C27H24F3N5O3. The number of aromatic carboxylic acids is 1. The van der Waals surface area contributed by atoms with Crippen LogP contribution in [0.2, 0.25) is 0 Å². The Hall–Kier alpha value is -4.41. The molecule has 0 saturated heterocycles. The normalized spacial score (nSPS) is 14.0. The third-order valence-corrected chi connectivity index (χ3v) is 6.66. The first-order valence-electron chi connectivity index (χ1n) is 11.9. The zero-order valence-electron chi connectivity index (χ0n) is 20.8. The third kappa shape index (κ3) is 4.44. The summed E-state index contributed by atoms with van der Waals surface area (Å²) in [6.07, 6.45) is -3.10. The SMILES string of the molecule is Cc1cc([C@@H](C)Nc2ccc(C(F)(F)F)nc2C(=O)O)c2nc(N3Cc4ccccc4C3)c(C)c(=O)n2c1. The van der Waals surface area contributed by atoms with E-state index in [1.54, 1.807) is 20.0 Å². The van der Waals surface area contributed by atoms with Crippen molar-refractivity contribution in [2.24, 2.45) is 0 Å². The van der Waals surface area contributed by atoms with Gasteiger partial charge in [-0.3, -0.25) is 9.20 Å². The van der Waals surface area contributed by atoms with E-state index in [0.717, 1.165) is 28.8 Å². The van der Waals surface area contributed by atoms with Crippen LogP contribution in [0.25, 0.3) is 5.65 Å². The number of anilines is 2. The highest BCUT2D eigenvalue weighted by Gasteiger charge is 2.34. The third-order valence-electron chi connectivity index (χ3n) is 6.66. The van der Waals surface area contributed by atoms with Gasteiger partial charge in [0.25, 0.3) is 5.56 Å². The van der Waals surface area contributed by atoms with Gasteiger partial charge in [-0.1, -0.05) is 24.3 Å². The van der Waals surface area contributed by atoms with E-state index in [-0.39, 0.29) is 11.2 Å². The molecule has 0 radical (unpaired) electrons. The molecule has 1 aliphatic heterocycles. The molecule has 0 aliphatic carbocycles. The molecule has 0 bridgehead atoms. The molecule has 0 fully saturated rings. The number of pyridine rings is 2. The first-order chi connectivity index (χ1) is 17.9. The van der Waals surface area contributed by atoms with Crippen LogP contribution in [-0.2, 0) is 19.3 Å². The van der Waals surface area contributed by atoms with E-state index in [4.69, 9.17) is 4.98 Å². The Kier molecular flexibility index (Phi) is 6.09. The van der Waals surface area contributed by atoms with Gasteiger partial charge in [-0.2, -0.15) is 13.2 Å². The van der Waals surface area contributed by atoms with Crippen LogP contribution >= 0.6 is 0 Å². The minimum atomic E-state index is -4.78. The summed E-state index contributed by atoms with van der Waals surface area (Å²) in [5, 5.41) is 12.5. The van der Waals surface area contributed by atoms with Gasteiger partial charge >= 0.3 is 12.1 Å². The average molecular weight is 524 g/mol. The van der Waals surface area contributed by atoms with Crippen LogP contribution in [-0.4, -0.2) is 25.4 Å². The lowest BCUT2D eigenvalue weighted by atomic mass is 10.1. The van der Waals surface area contributed by atoms with E-state index in [1.807, 2.05) is 42.2 Å². The monoisotopic (exact) mass is 523 g/mol. The smallest absolute Gasteiger partial charge is 0.433 e. The van der Waals surface area contributed by atoms with Crippen LogP contribution in [0.5, 0.6) is 0 Å². The maximum absolute atomic E-state index is 13.4. The number of aryl methyl sites for hydroxylation is 1. The number of aromatic nitrogens is 3. The topological polar surface area (TPSA) is 99.8 Å². The number of fused-ring (bicyclic) bond motifs is 2. The number of nitrogens with zero attached hydrogens (tertiary/aromatic N) is 4. The molecule has 5 rings (SSSR count). The number of benzene rings is 1. The molecule has 4 aromatic rings. The summed E-state index contributed by atoms with van der Waals surface area (Å²) in [6.45, 7) is 6.47. The molecule has 11 heteroatoms. The Bertz CT molecular complexity index is 1620. The number of carboxylic acid groups (broad SMARTS) is 1. The van der Waals surface area contributed by atoms with Gasteiger partial charge in [-0.05, 0) is 55.7 Å². The van der Waals surface area contributed by atoms with Crippen molar-refractivity contribution in [1.29, 1.82) is 0 Å². The van der Waals surface area contributed by atoms with Crippen LogP contribution in [0, 0.1) is 13.8 Å². The van der Waals surface area contributed by atoms with Crippen molar-refractivity contribution in [1.82, 2.24) is 14.4 Å². The predicted octanol–water partition coefficient (Wildman–Crippen LogP) is 5.12. The second-order valence-corrected chi connectivity index (χ2v) is 9.42. The predicted molar refractivity (Wildman–Crippen MR) is 136 cm³/mol. The van der Waals surface area contributed by atoms with Crippen LogP contribution < -0.4 is 15.8 Å². The molecule has 0 saturated carbocycles. The summed E-state index contributed by atoms with van der Waals surface area (Å²) < 4.78 is 40.8. The summed E-state index contributed by atoms with van der Waals surface area (Å²) in [5.74, 6) is -1.05. The molecule has 4 heterocycles. The highest BCUT2D eigenvalue weighted by molar-refractivity contribution is 5.92. The zero-order valence-corrected chi connectivity index (χ0v) is 20.8. The minimum Gasteiger partial charge on any atom is -0.476 e. The molecule has 1 atom stereocenters. The molecule has 1 aliphatic rings. The van der Waals surface area contributed by atoms with Gasteiger partial charge in [-0.15, -0.1) is 0 Å². The fourth-order valence-corrected chi connectivity index (χ4v) is 4.80. The van der Waals surface area contributed by atoms with Crippen molar-refractivity contribution in [3.63, 3.8) is 0 Å². The lowest BCUT2D eigenvalue weighted by molar-refractivity contribution is -0.141. The number of hydrogen-bond acceptors (Lipinski definition) is 6. The summed E-state index contributed by atoms with van der Waals surface area (Å²) in [6, 6.07) is 11.0. The van der Waals surface area contributed by atoms with Gasteiger partial charge < -0.3 is 15.3 Å². The van der Waals surface area contributed by atoms with Crippen molar-refractivity contribution in [3.05, 3.63) is 98.2 Å². The van der Waals surface area contributed by atoms with Crippen LogP contribution in [0.1, 0.15) is 57.0 Å². The van der Waals surface area contributed by atoms with Gasteiger partial charge in [0.1, 0.15) is 17.2 Å². The lowest BCUT2D eigenvalue weighted by Crippen LogP contribution is -2.27.